The summed E-state index contributed by atoms with van der Waals surface area (Å²) in [5.74, 6) is 1.13. The van der Waals surface area contributed by atoms with Gasteiger partial charge in [0.2, 0.25) is 0 Å². The highest BCUT2D eigenvalue weighted by atomic mass is 15.2. The van der Waals surface area contributed by atoms with Gasteiger partial charge in [0.1, 0.15) is 5.82 Å². The van der Waals surface area contributed by atoms with E-state index in [0.717, 1.165) is 38.3 Å². The lowest BCUT2D eigenvalue weighted by atomic mass is 10.1. The number of hydrogen-bond donors (Lipinski definition) is 1. The Morgan fingerprint density at radius 1 is 1.21 bits per heavy atom. The number of aromatic nitrogens is 1. The highest BCUT2D eigenvalue weighted by Crippen LogP contribution is 2.19. The van der Waals surface area contributed by atoms with Crippen LogP contribution in [0.2, 0.25) is 0 Å². The Labute approximate surface area is 118 Å². The summed E-state index contributed by atoms with van der Waals surface area (Å²) in [6.07, 6.45) is 2.14. The quantitative estimate of drug-likeness (QED) is 0.779. The molecule has 0 saturated heterocycles. The zero-order chi connectivity index (χ0) is 14.3. The van der Waals surface area contributed by atoms with Crippen molar-refractivity contribution in [1.82, 2.24) is 10.3 Å². The van der Waals surface area contributed by atoms with Crippen LogP contribution in [0.4, 0.5) is 5.82 Å². The van der Waals surface area contributed by atoms with Gasteiger partial charge in [-0.2, -0.15) is 0 Å². The molecule has 0 aliphatic heterocycles. The molecule has 0 aliphatic rings. The molecule has 0 aliphatic carbocycles. The van der Waals surface area contributed by atoms with E-state index in [1.807, 2.05) is 0 Å². The van der Waals surface area contributed by atoms with Gasteiger partial charge in [0.25, 0.3) is 0 Å². The number of anilines is 1. The van der Waals surface area contributed by atoms with Gasteiger partial charge >= 0.3 is 0 Å². The molecule has 0 amide bonds. The Kier molecular flexibility index (Phi) is 6.85. The van der Waals surface area contributed by atoms with Crippen LogP contribution in [-0.4, -0.2) is 24.1 Å². The molecule has 1 rings (SSSR count). The molecule has 1 aromatic heterocycles. The van der Waals surface area contributed by atoms with Crippen molar-refractivity contribution >= 4 is 5.82 Å². The molecule has 3 nitrogen and oxygen atoms in total. The SMILES string of the molecule is CCNCc1cc(CC)nc(N(CC)C(C)CC)c1. The van der Waals surface area contributed by atoms with E-state index in [1.165, 1.54) is 11.3 Å². The smallest absolute Gasteiger partial charge is 0.129 e. The fraction of sp³-hybridized carbons (Fsp3) is 0.688. The predicted molar refractivity (Wildman–Crippen MR) is 83.8 cm³/mol. The first-order chi connectivity index (χ1) is 9.15. The molecule has 0 radical (unpaired) electrons. The first-order valence-electron chi connectivity index (χ1n) is 7.63. The van der Waals surface area contributed by atoms with Crippen LogP contribution in [0, 0.1) is 0 Å². The molecule has 1 N–H and O–H groups in total. The van der Waals surface area contributed by atoms with E-state index in [-0.39, 0.29) is 0 Å². The first kappa shape index (κ1) is 16.0. The maximum atomic E-state index is 4.80. The van der Waals surface area contributed by atoms with Gasteiger partial charge in [-0.1, -0.05) is 20.8 Å². The number of pyridine rings is 1. The summed E-state index contributed by atoms with van der Waals surface area (Å²) >= 11 is 0. The van der Waals surface area contributed by atoms with Gasteiger partial charge in [-0.25, -0.2) is 4.98 Å². The minimum absolute atomic E-state index is 0.539. The molecule has 1 unspecified atom stereocenters. The van der Waals surface area contributed by atoms with Crippen molar-refractivity contribution in [3.8, 4) is 0 Å². The van der Waals surface area contributed by atoms with Crippen molar-refractivity contribution in [3.63, 3.8) is 0 Å². The second-order valence-corrected chi connectivity index (χ2v) is 5.00. The molecule has 3 heteroatoms. The van der Waals surface area contributed by atoms with Crippen LogP contribution >= 0.6 is 0 Å². The summed E-state index contributed by atoms with van der Waals surface area (Å²) in [6.45, 7) is 14.0. The number of nitrogens with zero attached hydrogens (tertiary/aromatic N) is 2. The third kappa shape index (κ3) is 4.50. The molecule has 0 spiro atoms. The Morgan fingerprint density at radius 2 is 1.95 bits per heavy atom. The molecule has 1 atom stereocenters. The van der Waals surface area contributed by atoms with Gasteiger partial charge < -0.3 is 10.2 Å². The topological polar surface area (TPSA) is 28.2 Å². The average molecular weight is 263 g/mol. The van der Waals surface area contributed by atoms with E-state index in [4.69, 9.17) is 4.98 Å². The fourth-order valence-corrected chi connectivity index (χ4v) is 2.25. The molecule has 0 saturated carbocycles. The third-order valence-corrected chi connectivity index (χ3v) is 3.62. The number of aryl methyl sites for hydroxylation is 1. The summed E-state index contributed by atoms with van der Waals surface area (Å²) < 4.78 is 0. The van der Waals surface area contributed by atoms with E-state index >= 15 is 0 Å². The second kappa shape index (κ2) is 8.16. The first-order valence-corrected chi connectivity index (χ1v) is 7.63. The van der Waals surface area contributed by atoms with Gasteiger partial charge in [-0.15, -0.1) is 0 Å². The van der Waals surface area contributed by atoms with Crippen LogP contribution in [0.15, 0.2) is 12.1 Å². The molecule has 1 heterocycles. The summed E-state index contributed by atoms with van der Waals surface area (Å²) in [7, 11) is 0. The molecular formula is C16H29N3. The summed E-state index contributed by atoms with van der Waals surface area (Å²) in [4.78, 5) is 7.20. The van der Waals surface area contributed by atoms with Crippen LogP contribution in [0.25, 0.3) is 0 Å². The summed E-state index contributed by atoms with van der Waals surface area (Å²) in [6, 6.07) is 4.99. The summed E-state index contributed by atoms with van der Waals surface area (Å²) in [5.41, 5.74) is 2.53. The number of nitrogens with one attached hydrogen (secondary N) is 1. The third-order valence-electron chi connectivity index (χ3n) is 3.62. The van der Waals surface area contributed by atoms with Crippen LogP contribution in [0.3, 0.4) is 0 Å². The Morgan fingerprint density at radius 3 is 2.47 bits per heavy atom. The zero-order valence-electron chi connectivity index (χ0n) is 13.2. The van der Waals surface area contributed by atoms with Crippen LogP contribution < -0.4 is 10.2 Å². The Hall–Kier alpha value is -1.09. The maximum absolute atomic E-state index is 4.80. The minimum Gasteiger partial charge on any atom is -0.354 e. The molecule has 0 fully saturated rings. The van der Waals surface area contributed by atoms with Crippen molar-refractivity contribution in [2.45, 2.75) is 60.0 Å². The number of rotatable bonds is 8. The molecule has 108 valence electrons. The van der Waals surface area contributed by atoms with E-state index in [9.17, 15) is 0 Å². The molecule has 0 bridgehead atoms. The largest absolute Gasteiger partial charge is 0.354 e. The molecule has 0 aromatic carbocycles. The average Bonchev–Trinajstić information content (AvgIpc) is 2.45. The minimum atomic E-state index is 0.539. The highest BCUT2D eigenvalue weighted by Gasteiger charge is 2.13. The van der Waals surface area contributed by atoms with E-state index < -0.39 is 0 Å². The van der Waals surface area contributed by atoms with Gasteiger partial charge in [0, 0.05) is 24.8 Å². The van der Waals surface area contributed by atoms with Gasteiger partial charge in [0.05, 0.1) is 0 Å². The van der Waals surface area contributed by atoms with Crippen LogP contribution in [0.5, 0.6) is 0 Å². The zero-order valence-corrected chi connectivity index (χ0v) is 13.2. The lowest BCUT2D eigenvalue weighted by Crippen LogP contribution is -2.33. The van der Waals surface area contributed by atoms with Gasteiger partial charge in [0.15, 0.2) is 0 Å². The fourth-order valence-electron chi connectivity index (χ4n) is 2.25. The van der Waals surface area contributed by atoms with E-state index in [0.29, 0.717) is 6.04 Å². The molecular weight excluding hydrogens is 234 g/mol. The van der Waals surface area contributed by atoms with Crippen LogP contribution in [0.1, 0.15) is 52.3 Å². The Balaban J connectivity index is 3.03. The van der Waals surface area contributed by atoms with Gasteiger partial charge in [-0.3, -0.25) is 0 Å². The molecule has 1 aromatic rings. The van der Waals surface area contributed by atoms with E-state index in [1.54, 1.807) is 0 Å². The Bertz CT molecular complexity index is 376. The highest BCUT2D eigenvalue weighted by molar-refractivity contribution is 5.43. The molecule has 19 heavy (non-hydrogen) atoms. The second-order valence-electron chi connectivity index (χ2n) is 5.00. The maximum Gasteiger partial charge on any atom is 0.129 e. The lowest BCUT2D eigenvalue weighted by Gasteiger charge is -2.29. The standard InChI is InChI=1S/C16H29N3/c1-6-13(5)19(9-4)16-11-14(12-17-8-3)10-15(7-2)18-16/h10-11,13,17H,6-9,12H2,1-5H3. The van der Waals surface area contributed by atoms with Crippen LogP contribution in [-0.2, 0) is 13.0 Å². The normalized spacial score (nSPS) is 12.5. The van der Waals surface area contributed by atoms with Crippen molar-refractivity contribution in [2.75, 3.05) is 18.0 Å². The van der Waals surface area contributed by atoms with Crippen molar-refractivity contribution in [3.05, 3.63) is 23.4 Å². The predicted octanol–water partition coefficient (Wildman–Crippen LogP) is 3.38. The van der Waals surface area contributed by atoms with E-state index in [2.05, 4.69) is 57.0 Å². The lowest BCUT2D eigenvalue weighted by molar-refractivity contribution is 0.620. The summed E-state index contributed by atoms with van der Waals surface area (Å²) in [5, 5.41) is 3.40. The monoisotopic (exact) mass is 263 g/mol. The van der Waals surface area contributed by atoms with Gasteiger partial charge in [-0.05, 0) is 50.9 Å². The number of hydrogen-bond acceptors (Lipinski definition) is 3. The van der Waals surface area contributed by atoms with Crippen molar-refractivity contribution in [1.29, 1.82) is 0 Å². The van der Waals surface area contributed by atoms with Crippen molar-refractivity contribution < 1.29 is 0 Å². The van der Waals surface area contributed by atoms with Crippen molar-refractivity contribution in [2.24, 2.45) is 0 Å².